The average Bonchev–Trinajstić information content (AvgIpc) is 3.08. The number of sulfone groups is 1. The maximum Gasteiger partial charge on any atom is 0.416 e. The SMILES string of the molecule is CCN(CC)C(=O)Cn1cc(S(=O)(=O)Cc2ccc(C(F)(F)F)cc2)c2ccccc21. The van der Waals surface area contributed by atoms with Gasteiger partial charge in [0.05, 0.1) is 16.2 Å². The quantitative estimate of drug-likeness (QED) is 0.530. The van der Waals surface area contributed by atoms with Crippen molar-refractivity contribution in [2.24, 2.45) is 0 Å². The Kier molecular flexibility index (Phi) is 6.45. The lowest BCUT2D eigenvalue weighted by Gasteiger charge is -2.19. The number of carbonyl (C=O) groups is 1. The molecule has 0 aliphatic heterocycles. The molecule has 1 aromatic heterocycles. The molecule has 0 saturated heterocycles. The van der Waals surface area contributed by atoms with Gasteiger partial charge in [0.1, 0.15) is 6.54 Å². The van der Waals surface area contributed by atoms with Gasteiger partial charge in [-0.1, -0.05) is 30.3 Å². The Labute approximate surface area is 179 Å². The Morgan fingerprint density at radius 1 is 1.00 bits per heavy atom. The number of amides is 1. The van der Waals surface area contributed by atoms with Crippen molar-refractivity contribution in [3.8, 4) is 0 Å². The Hall–Kier alpha value is -2.81. The molecule has 0 radical (unpaired) electrons. The number of hydrogen-bond acceptors (Lipinski definition) is 3. The third-order valence-electron chi connectivity index (χ3n) is 5.15. The van der Waals surface area contributed by atoms with Crippen molar-refractivity contribution in [3.05, 3.63) is 65.9 Å². The lowest BCUT2D eigenvalue weighted by atomic mass is 10.1. The maximum absolute atomic E-state index is 13.1. The topological polar surface area (TPSA) is 59.4 Å². The molecule has 0 N–H and O–H groups in total. The van der Waals surface area contributed by atoms with E-state index in [0.717, 1.165) is 12.1 Å². The zero-order chi connectivity index (χ0) is 22.8. The third kappa shape index (κ3) is 4.92. The first-order chi connectivity index (χ1) is 14.6. The van der Waals surface area contributed by atoms with Gasteiger partial charge in [-0.2, -0.15) is 13.2 Å². The predicted molar refractivity (Wildman–Crippen MR) is 112 cm³/mol. The highest BCUT2D eigenvalue weighted by Crippen LogP contribution is 2.31. The van der Waals surface area contributed by atoms with Gasteiger partial charge in [0, 0.05) is 30.2 Å². The van der Waals surface area contributed by atoms with Gasteiger partial charge in [0.25, 0.3) is 0 Å². The second kappa shape index (κ2) is 8.74. The van der Waals surface area contributed by atoms with Gasteiger partial charge in [0.15, 0.2) is 9.84 Å². The standard InChI is InChI=1S/C22H23F3N2O3S/c1-3-26(4-2)21(28)14-27-13-20(18-7-5-6-8-19(18)27)31(29,30)15-16-9-11-17(12-10-16)22(23,24)25/h5-13H,3-4,14-15H2,1-2H3. The zero-order valence-electron chi connectivity index (χ0n) is 17.2. The van der Waals surface area contributed by atoms with E-state index in [1.165, 1.54) is 18.3 Å². The molecule has 0 spiro atoms. The normalized spacial score (nSPS) is 12.3. The summed E-state index contributed by atoms with van der Waals surface area (Å²) >= 11 is 0. The first-order valence-electron chi connectivity index (χ1n) is 9.81. The highest BCUT2D eigenvalue weighted by molar-refractivity contribution is 7.90. The molecule has 166 valence electrons. The molecule has 3 aromatic rings. The number of rotatable bonds is 7. The molecule has 0 aliphatic carbocycles. The van der Waals surface area contributed by atoms with E-state index in [2.05, 4.69) is 0 Å². The van der Waals surface area contributed by atoms with E-state index in [1.54, 1.807) is 33.7 Å². The van der Waals surface area contributed by atoms with Crippen molar-refractivity contribution >= 4 is 26.6 Å². The number of likely N-dealkylation sites (N-methyl/N-ethyl adjacent to an activating group) is 1. The van der Waals surface area contributed by atoms with Crippen LogP contribution in [0.1, 0.15) is 25.0 Å². The van der Waals surface area contributed by atoms with E-state index < -0.39 is 27.3 Å². The lowest BCUT2D eigenvalue weighted by molar-refractivity contribution is -0.137. The molecular weight excluding hydrogens is 429 g/mol. The summed E-state index contributed by atoms with van der Waals surface area (Å²) in [6, 6.07) is 10.9. The molecular formula is C22H23F3N2O3S. The Balaban J connectivity index is 1.95. The van der Waals surface area contributed by atoms with Crippen LogP contribution in [-0.2, 0) is 33.1 Å². The second-order valence-electron chi connectivity index (χ2n) is 7.16. The number of halogens is 3. The molecule has 0 atom stereocenters. The summed E-state index contributed by atoms with van der Waals surface area (Å²) in [6.07, 6.45) is -3.05. The summed E-state index contributed by atoms with van der Waals surface area (Å²) in [5, 5.41) is 0.474. The van der Waals surface area contributed by atoms with Gasteiger partial charge in [-0.25, -0.2) is 8.42 Å². The molecule has 5 nitrogen and oxygen atoms in total. The molecule has 3 rings (SSSR count). The zero-order valence-corrected chi connectivity index (χ0v) is 18.0. The maximum atomic E-state index is 13.1. The van der Waals surface area contributed by atoms with E-state index in [4.69, 9.17) is 0 Å². The minimum atomic E-state index is -4.48. The van der Waals surface area contributed by atoms with Gasteiger partial charge >= 0.3 is 6.18 Å². The van der Waals surface area contributed by atoms with Crippen molar-refractivity contribution in [2.45, 2.75) is 37.2 Å². The minimum Gasteiger partial charge on any atom is -0.342 e. The summed E-state index contributed by atoms with van der Waals surface area (Å²) in [4.78, 5) is 14.3. The van der Waals surface area contributed by atoms with Gasteiger partial charge in [-0.05, 0) is 37.6 Å². The molecule has 0 saturated carbocycles. The first-order valence-corrected chi connectivity index (χ1v) is 11.5. The van der Waals surface area contributed by atoms with Crippen LogP contribution < -0.4 is 0 Å². The number of para-hydroxylation sites is 1. The Morgan fingerprint density at radius 3 is 2.19 bits per heavy atom. The van der Waals surface area contributed by atoms with Crippen LogP contribution in [0.2, 0.25) is 0 Å². The summed E-state index contributed by atoms with van der Waals surface area (Å²) in [5.74, 6) is -0.569. The van der Waals surface area contributed by atoms with Gasteiger partial charge < -0.3 is 9.47 Å². The van der Waals surface area contributed by atoms with E-state index in [1.807, 2.05) is 13.8 Å². The van der Waals surface area contributed by atoms with Gasteiger partial charge in [-0.3, -0.25) is 4.79 Å². The predicted octanol–water partition coefficient (Wildman–Crippen LogP) is 4.50. The molecule has 9 heteroatoms. The van der Waals surface area contributed by atoms with Crippen LogP contribution in [0.25, 0.3) is 10.9 Å². The number of benzene rings is 2. The summed E-state index contributed by atoms with van der Waals surface area (Å²) in [6.45, 7) is 4.84. The van der Waals surface area contributed by atoms with Crippen molar-refractivity contribution in [3.63, 3.8) is 0 Å². The van der Waals surface area contributed by atoms with E-state index in [0.29, 0.717) is 24.0 Å². The largest absolute Gasteiger partial charge is 0.416 e. The van der Waals surface area contributed by atoms with Crippen LogP contribution in [0.3, 0.4) is 0 Å². The highest BCUT2D eigenvalue weighted by Gasteiger charge is 2.30. The fraction of sp³-hybridized carbons (Fsp3) is 0.318. The molecule has 0 bridgehead atoms. The van der Waals surface area contributed by atoms with E-state index in [9.17, 15) is 26.4 Å². The van der Waals surface area contributed by atoms with Crippen LogP contribution in [0.4, 0.5) is 13.2 Å². The second-order valence-corrected chi connectivity index (χ2v) is 9.12. The number of nitrogens with zero attached hydrogens (tertiary/aromatic N) is 2. The van der Waals surface area contributed by atoms with Crippen molar-refractivity contribution < 1.29 is 26.4 Å². The molecule has 2 aromatic carbocycles. The number of carbonyl (C=O) groups excluding carboxylic acids is 1. The fourth-order valence-electron chi connectivity index (χ4n) is 3.50. The number of alkyl halides is 3. The molecule has 1 amide bonds. The van der Waals surface area contributed by atoms with E-state index >= 15 is 0 Å². The Bertz CT molecular complexity index is 1180. The molecule has 0 unspecified atom stereocenters. The summed E-state index contributed by atoms with van der Waals surface area (Å²) in [5.41, 5.74) is 0.0261. The Morgan fingerprint density at radius 2 is 1.61 bits per heavy atom. The fourth-order valence-corrected chi connectivity index (χ4v) is 5.08. The summed E-state index contributed by atoms with van der Waals surface area (Å²) < 4.78 is 66.1. The van der Waals surface area contributed by atoms with E-state index in [-0.39, 0.29) is 22.9 Å². The molecule has 0 fully saturated rings. The van der Waals surface area contributed by atoms with Crippen molar-refractivity contribution in [1.29, 1.82) is 0 Å². The van der Waals surface area contributed by atoms with Crippen LogP contribution >= 0.6 is 0 Å². The highest BCUT2D eigenvalue weighted by atomic mass is 32.2. The monoisotopic (exact) mass is 452 g/mol. The van der Waals surface area contributed by atoms with Gasteiger partial charge in [0.2, 0.25) is 5.91 Å². The first kappa shape index (κ1) is 22.9. The molecule has 0 aliphatic rings. The van der Waals surface area contributed by atoms with Crippen molar-refractivity contribution in [1.82, 2.24) is 9.47 Å². The van der Waals surface area contributed by atoms with Gasteiger partial charge in [-0.15, -0.1) is 0 Å². The van der Waals surface area contributed by atoms with Crippen LogP contribution in [-0.4, -0.2) is 36.9 Å². The number of hydrogen-bond donors (Lipinski definition) is 0. The molecule has 31 heavy (non-hydrogen) atoms. The third-order valence-corrected chi connectivity index (χ3v) is 6.86. The molecule has 1 heterocycles. The lowest BCUT2D eigenvalue weighted by Crippen LogP contribution is -2.33. The average molecular weight is 452 g/mol. The van der Waals surface area contributed by atoms with Crippen molar-refractivity contribution in [2.75, 3.05) is 13.1 Å². The summed E-state index contributed by atoms with van der Waals surface area (Å²) in [7, 11) is -3.86. The van der Waals surface area contributed by atoms with Crippen LogP contribution in [0, 0.1) is 0 Å². The van der Waals surface area contributed by atoms with Crippen LogP contribution in [0.15, 0.2) is 59.6 Å². The number of fused-ring (bicyclic) bond motifs is 1. The minimum absolute atomic E-state index is 0.00199. The smallest absolute Gasteiger partial charge is 0.342 e. The number of aromatic nitrogens is 1. The van der Waals surface area contributed by atoms with Crippen LogP contribution in [0.5, 0.6) is 0 Å².